The number of nitrogens with zero attached hydrogens (tertiary/aromatic N) is 1. The first-order chi connectivity index (χ1) is 7.80. The van der Waals surface area contributed by atoms with Gasteiger partial charge >= 0.3 is 0 Å². The van der Waals surface area contributed by atoms with Gasteiger partial charge in [-0.3, -0.25) is 4.90 Å². The fourth-order valence-corrected chi connectivity index (χ4v) is 2.66. The molecule has 1 atom stereocenters. The summed E-state index contributed by atoms with van der Waals surface area (Å²) in [5.41, 5.74) is 6.04. The van der Waals surface area contributed by atoms with Crippen molar-refractivity contribution < 1.29 is 4.74 Å². The van der Waals surface area contributed by atoms with Gasteiger partial charge < -0.3 is 10.5 Å². The quantitative estimate of drug-likeness (QED) is 0.789. The van der Waals surface area contributed by atoms with Gasteiger partial charge in [0.1, 0.15) is 5.76 Å². The van der Waals surface area contributed by atoms with Crippen LogP contribution >= 0.6 is 0 Å². The lowest BCUT2D eigenvalue weighted by atomic mass is 9.87. The van der Waals surface area contributed by atoms with Crippen LogP contribution < -0.4 is 5.73 Å². The van der Waals surface area contributed by atoms with E-state index in [0.717, 1.165) is 12.2 Å². The minimum atomic E-state index is 0.0441. The van der Waals surface area contributed by atoms with Crippen LogP contribution in [0.2, 0.25) is 0 Å². The van der Waals surface area contributed by atoms with Crippen molar-refractivity contribution in [2.45, 2.75) is 31.2 Å². The molecule has 2 N–H and O–H groups in total. The van der Waals surface area contributed by atoms with Crippen LogP contribution in [-0.2, 0) is 4.74 Å². The Morgan fingerprint density at radius 3 is 2.62 bits per heavy atom. The van der Waals surface area contributed by atoms with E-state index in [9.17, 15) is 0 Å². The van der Waals surface area contributed by atoms with E-state index >= 15 is 0 Å². The molecule has 1 fully saturated rings. The van der Waals surface area contributed by atoms with Gasteiger partial charge in [-0.25, -0.2) is 0 Å². The van der Waals surface area contributed by atoms with Crippen LogP contribution in [-0.4, -0.2) is 37.2 Å². The molecule has 16 heavy (non-hydrogen) atoms. The molecule has 0 spiro atoms. The predicted octanol–water partition coefficient (Wildman–Crippen LogP) is 1.66. The first-order valence-electron chi connectivity index (χ1n) is 6.19. The molecule has 0 saturated carbocycles. The summed E-state index contributed by atoms with van der Waals surface area (Å²) in [5, 5.41) is 0. The highest BCUT2D eigenvalue weighted by Crippen LogP contribution is 2.29. The third-order valence-electron chi connectivity index (χ3n) is 3.79. The standard InChI is InChI=1S/C13H22N2O/c1-16-12-5-7-13(11-14,8-6-12)15-9-3-2-4-10-15/h5-7H,2-4,8-11,14H2,1H3. The van der Waals surface area contributed by atoms with Gasteiger partial charge in [0.2, 0.25) is 0 Å². The van der Waals surface area contributed by atoms with E-state index < -0.39 is 0 Å². The molecule has 90 valence electrons. The molecular formula is C13H22N2O. The number of likely N-dealkylation sites (tertiary alicyclic amines) is 1. The van der Waals surface area contributed by atoms with Gasteiger partial charge in [0.05, 0.1) is 12.6 Å². The fourth-order valence-electron chi connectivity index (χ4n) is 2.66. The van der Waals surface area contributed by atoms with Gasteiger partial charge in [-0.15, -0.1) is 0 Å². The number of nitrogens with two attached hydrogens (primary N) is 1. The largest absolute Gasteiger partial charge is 0.497 e. The lowest BCUT2D eigenvalue weighted by Gasteiger charge is -2.44. The average Bonchev–Trinajstić information content (AvgIpc) is 2.40. The Bertz CT molecular complexity index is 292. The molecular weight excluding hydrogens is 200 g/mol. The molecule has 0 bridgehead atoms. The van der Waals surface area contributed by atoms with Crippen molar-refractivity contribution in [3.05, 3.63) is 24.0 Å². The monoisotopic (exact) mass is 222 g/mol. The molecule has 3 heteroatoms. The fraction of sp³-hybridized carbons (Fsp3) is 0.692. The Morgan fingerprint density at radius 1 is 1.38 bits per heavy atom. The van der Waals surface area contributed by atoms with Crippen molar-refractivity contribution in [3.63, 3.8) is 0 Å². The van der Waals surface area contributed by atoms with Crippen LogP contribution in [0.4, 0.5) is 0 Å². The Labute approximate surface area is 97.9 Å². The lowest BCUT2D eigenvalue weighted by Crippen LogP contribution is -2.54. The Balaban J connectivity index is 2.09. The highest BCUT2D eigenvalue weighted by molar-refractivity contribution is 5.26. The summed E-state index contributed by atoms with van der Waals surface area (Å²) in [6, 6.07) is 0. The van der Waals surface area contributed by atoms with Gasteiger partial charge in [0.25, 0.3) is 0 Å². The molecule has 3 nitrogen and oxygen atoms in total. The molecule has 2 rings (SSSR count). The van der Waals surface area contributed by atoms with Crippen LogP contribution in [0.3, 0.4) is 0 Å². The van der Waals surface area contributed by atoms with Crippen LogP contribution in [0.25, 0.3) is 0 Å². The summed E-state index contributed by atoms with van der Waals surface area (Å²) in [6.07, 6.45) is 11.4. The first-order valence-corrected chi connectivity index (χ1v) is 6.19. The minimum Gasteiger partial charge on any atom is -0.497 e. The summed E-state index contributed by atoms with van der Waals surface area (Å²) < 4.78 is 5.23. The molecule has 0 radical (unpaired) electrons. The maximum atomic E-state index is 5.99. The topological polar surface area (TPSA) is 38.5 Å². The SMILES string of the molecule is COC1=CCC(CN)(N2CCCCC2)C=C1. The second kappa shape index (κ2) is 5.02. The summed E-state index contributed by atoms with van der Waals surface area (Å²) >= 11 is 0. The van der Waals surface area contributed by atoms with E-state index in [1.165, 1.54) is 32.4 Å². The van der Waals surface area contributed by atoms with Crippen molar-refractivity contribution in [1.29, 1.82) is 0 Å². The summed E-state index contributed by atoms with van der Waals surface area (Å²) in [4.78, 5) is 2.54. The normalized spacial score (nSPS) is 31.2. The minimum absolute atomic E-state index is 0.0441. The van der Waals surface area contributed by atoms with Crippen LogP contribution in [0.15, 0.2) is 24.0 Å². The highest BCUT2D eigenvalue weighted by atomic mass is 16.5. The van der Waals surface area contributed by atoms with Crippen molar-refractivity contribution >= 4 is 0 Å². The number of rotatable bonds is 3. The van der Waals surface area contributed by atoms with Gasteiger partial charge in [0.15, 0.2) is 0 Å². The Morgan fingerprint density at radius 2 is 2.12 bits per heavy atom. The number of allylic oxidation sites excluding steroid dienone is 1. The number of hydrogen-bond donors (Lipinski definition) is 1. The molecule has 0 aromatic rings. The zero-order chi connectivity index (χ0) is 11.4. The molecule has 1 unspecified atom stereocenters. The first kappa shape index (κ1) is 11.7. The van der Waals surface area contributed by atoms with Crippen molar-refractivity contribution in [2.75, 3.05) is 26.7 Å². The van der Waals surface area contributed by atoms with Crippen LogP contribution in [0.5, 0.6) is 0 Å². The predicted molar refractivity (Wildman–Crippen MR) is 66.1 cm³/mol. The zero-order valence-corrected chi connectivity index (χ0v) is 10.1. The molecule has 0 amide bonds. The maximum absolute atomic E-state index is 5.99. The summed E-state index contributed by atoms with van der Waals surface area (Å²) in [6.45, 7) is 3.05. The molecule has 0 aromatic heterocycles. The zero-order valence-electron chi connectivity index (χ0n) is 10.1. The smallest absolute Gasteiger partial charge is 0.114 e. The van der Waals surface area contributed by atoms with Gasteiger partial charge in [-0.2, -0.15) is 0 Å². The summed E-state index contributed by atoms with van der Waals surface area (Å²) in [5.74, 6) is 0.959. The summed E-state index contributed by atoms with van der Waals surface area (Å²) in [7, 11) is 1.71. The van der Waals surface area contributed by atoms with Gasteiger partial charge in [0, 0.05) is 6.54 Å². The van der Waals surface area contributed by atoms with Crippen LogP contribution in [0, 0.1) is 0 Å². The Hall–Kier alpha value is -0.800. The molecule has 2 aliphatic rings. The van der Waals surface area contributed by atoms with Gasteiger partial charge in [-0.1, -0.05) is 12.5 Å². The lowest BCUT2D eigenvalue weighted by molar-refractivity contribution is 0.109. The van der Waals surface area contributed by atoms with E-state index in [1.54, 1.807) is 7.11 Å². The van der Waals surface area contributed by atoms with E-state index in [1.807, 2.05) is 0 Å². The third-order valence-corrected chi connectivity index (χ3v) is 3.79. The van der Waals surface area contributed by atoms with E-state index in [4.69, 9.17) is 10.5 Å². The van der Waals surface area contributed by atoms with Crippen LogP contribution in [0.1, 0.15) is 25.7 Å². The van der Waals surface area contributed by atoms with Crippen molar-refractivity contribution in [3.8, 4) is 0 Å². The molecule has 1 heterocycles. The number of ether oxygens (including phenoxy) is 1. The molecule has 1 aliphatic heterocycles. The van der Waals surface area contributed by atoms with Gasteiger partial charge in [-0.05, 0) is 44.5 Å². The highest BCUT2D eigenvalue weighted by Gasteiger charge is 2.34. The van der Waals surface area contributed by atoms with E-state index in [-0.39, 0.29) is 5.54 Å². The number of piperidine rings is 1. The maximum Gasteiger partial charge on any atom is 0.114 e. The second-order valence-electron chi connectivity index (χ2n) is 4.70. The van der Waals surface area contributed by atoms with E-state index in [0.29, 0.717) is 6.54 Å². The number of methoxy groups -OCH3 is 1. The Kier molecular flexibility index (Phi) is 3.66. The van der Waals surface area contributed by atoms with Crippen molar-refractivity contribution in [1.82, 2.24) is 4.90 Å². The van der Waals surface area contributed by atoms with E-state index in [2.05, 4.69) is 23.1 Å². The second-order valence-corrected chi connectivity index (χ2v) is 4.70. The molecule has 1 aliphatic carbocycles. The molecule has 1 saturated heterocycles. The van der Waals surface area contributed by atoms with Crippen molar-refractivity contribution in [2.24, 2.45) is 5.73 Å². The third kappa shape index (κ3) is 2.15. The molecule has 0 aromatic carbocycles. The number of hydrogen-bond acceptors (Lipinski definition) is 3. The average molecular weight is 222 g/mol.